The number of para-hydroxylation sites is 1. The minimum absolute atomic E-state index is 0.0989. The monoisotopic (exact) mass is 458 g/mol. The second-order valence-electron chi connectivity index (χ2n) is 9.11. The van der Waals surface area contributed by atoms with Gasteiger partial charge in [0.05, 0.1) is 5.69 Å². The summed E-state index contributed by atoms with van der Waals surface area (Å²) in [4.78, 5) is 13.9. The number of halogens is 3. The van der Waals surface area contributed by atoms with Crippen LogP contribution in [0.5, 0.6) is 0 Å². The van der Waals surface area contributed by atoms with Gasteiger partial charge in [-0.1, -0.05) is 18.2 Å². The van der Waals surface area contributed by atoms with Gasteiger partial charge in [-0.3, -0.25) is 0 Å². The normalized spacial score (nSPS) is 20.5. The van der Waals surface area contributed by atoms with E-state index in [2.05, 4.69) is 30.5 Å². The van der Waals surface area contributed by atoms with Crippen molar-refractivity contribution in [1.29, 1.82) is 0 Å². The molecule has 6 nitrogen and oxygen atoms in total. The van der Waals surface area contributed by atoms with Crippen LogP contribution in [0.4, 0.5) is 19.1 Å². The summed E-state index contributed by atoms with van der Waals surface area (Å²) >= 11 is 0. The van der Waals surface area contributed by atoms with Crippen molar-refractivity contribution in [3.05, 3.63) is 42.2 Å². The van der Waals surface area contributed by atoms with E-state index in [-0.39, 0.29) is 17.7 Å². The number of benzene rings is 1. The molecule has 0 radical (unpaired) electrons. The summed E-state index contributed by atoms with van der Waals surface area (Å²) in [5.41, 5.74) is 0.276. The molecule has 0 spiro atoms. The lowest BCUT2D eigenvalue weighted by molar-refractivity contribution is -0.137. The number of nitrogens with zero attached hydrogens (tertiary/aromatic N) is 3. The minimum Gasteiger partial charge on any atom is -0.360 e. The lowest BCUT2D eigenvalue weighted by Gasteiger charge is -2.25. The first-order valence-corrected chi connectivity index (χ1v) is 11.7. The smallest absolute Gasteiger partial charge is 0.360 e. The Hall–Kier alpha value is -2.65. The molecule has 0 bridgehead atoms. The Kier molecular flexibility index (Phi) is 6.25. The van der Waals surface area contributed by atoms with Crippen molar-refractivity contribution in [3.8, 4) is 11.3 Å². The van der Waals surface area contributed by atoms with Crippen molar-refractivity contribution in [1.82, 2.24) is 25.2 Å². The zero-order chi connectivity index (χ0) is 22.8. The number of piperidine rings is 1. The maximum Gasteiger partial charge on any atom is 0.419 e. The van der Waals surface area contributed by atoms with Crippen LogP contribution in [0.25, 0.3) is 22.2 Å². The number of anilines is 1. The maximum atomic E-state index is 13.7. The molecule has 2 aromatic heterocycles. The Balaban J connectivity index is 1.31. The number of hydrogen-bond acceptors (Lipinski definition) is 5. The molecule has 2 fully saturated rings. The number of nitrogens with one attached hydrogen (secondary N) is 3. The molecule has 1 unspecified atom stereocenters. The molecule has 2 aliphatic heterocycles. The van der Waals surface area contributed by atoms with Crippen LogP contribution in [0.1, 0.15) is 31.2 Å². The number of likely N-dealkylation sites (tertiary alicyclic amines) is 1. The van der Waals surface area contributed by atoms with Gasteiger partial charge in [-0.2, -0.15) is 13.2 Å². The van der Waals surface area contributed by atoms with Crippen molar-refractivity contribution >= 4 is 16.9 Å². The van der Waals surface area contributed by atoms with Gasteiger partial charge in [-0.25, -0.2) is 9.97 Å². The topological polar surface area (TPSA) is 68.9 Å². The van der Waals surface area contributed by atoms with Gasteiger partial charge in [0.15, 0.2) is 0 Å². The van der Waals surface area contributed by atoms with Crippen molar-refractivity contribution in [2.24, 2.45) is 5.92 Å². The molecule has 1 atom stereocenters. The molecule has 9 heteroatoms. The molecule has 176 valence electrons. The van der Waals surface area contributed by atoms with Crippen LogP contribution in [0.15, 0.2) is 36.7 Å². The van der Waals surface area contributed by atoms with Gasteiger partial charge in [-0.05, 0) is 57.3 Å². The summed E-state index contributed by atoms with van der Waals surface area (Å²) in [6.45, 7) is 5.13. The highest BCUT2D eigenvalue weighted by atomic mass is 19.4. The second-order valence-corrected chi connectivity index (χ2v) is 9.11. The number of aromatic nitrogens is 3. The summed E-state index contributed by atoms with van der Waals surface area (Å²) in [6.07, 6.45) is 2.57. The first-order valence-electron chi connectivity index (χ1n) is 11.7. The Morgan fingerprint density at radius 3 is 2.76 bits per heavy atom. The van der Waals surface area contributed by atoms with Gasteiger partial charge in [0.1, 0.15) is 5.56 Å². The zero-order valence-corrected chi connectivity index (χ0v) is 18.5. The highest BCUT2D eigenvalue weighted by Crippen LogP contribution is 2.38. The number of fused-ring (bicyclic) bond motifs is 1. The van der Waals surface area contributed by atoms with Crippen molar-refractivity contribution in [2.45, 2.75) is 37.9 Å². The van der Waals surface area contributed by atoms with Crippen LogP contribution in [-0.2, 0) is 6.18 Å². The molecule has 2 saturated heterocycles. The molecule has 1 aromatic carbocycles. The SMILES string of the molecule is FC(F)(F)c1cnc(NC2CCN(CCC3CCNCC3)C2)nc1-c1c[nH]c2ccccc12. The second kappa shape index (κ2) is 9.30. The maximum absolute atomic E-state index is 13.7. The molecule has 0 aliphatic carbocycles. The van der Waals surface area contributed by atoms with E-state index in [0.717, 1.165) is 56.8 Å². The molecule has 3 N–H and O–H groups in total. The fourth-order valence-electron chi connectivity index (χ4n) is 5.00. The fraction of sp³-hybridized carbons (Fsp3) is 0.500. The first kappa shape index (κ1) is 22.2. The van der Waals surface area contributed by atoms with E-state index in [1.165, 1.54) is 19.3 Å². The molecule has 0 amide bonds. The van der Waals surface area contributed by atoms with Gasteiger partial charge in [0.2, 0.25) is 5.95 Å². The zero-order valence-electron chi connectivity index (χ0n) is 18.5. The summed E-state index contributed by atoms with van der Waals surface area (Å²) in [5.74, 6) is 1.03. The van der Waals surface area contributed by atoms with Crippen LogP contribution in [-0.4, -0.2) is 58.6 Å². The van der Waals surface area contributed by atoms with Crippen molar-refractivity contribution in [3.63, 3.8) is 0 Å². The van der Waals surface area contributed by atoms with E-state index >= 15 is 0 Å². The third-order valence-electron chi connectivity index (χ3n) is 6.86. The lowest BCUT2D eigenvalue weighted by Crippen LogP contribution is -2.32. The van der Waals surface area contributed by atoms with Crippen LogP contribution >= 0.6 is 0 Å². The third-order valence-corrected chi connectivity index (χ3v) is 6.86. The lowest BCUT2D eigenvalue weighted by atomic mass is 9.94. The van der Waals surface area contributed by atoms with Crippen LogP contribution in [0.3, 0.4) is 0 Å². The molecular weight excluding hydrogens is 429 g/mol. The third kappa shape index (κ3) is 4.99. The van der Waals surface area contributed by atoms with E-state index in [1.54, 1.807) is 12.3 Å². The standard InChI is InChI=1S/C24H29F3N6/c25-24(26,27)20-14-30-23(32-22(20)19-13-29-21-4-2-1-3-18(19)21)31-17-8-12-33(15-17)11-7-16-5-9-28-10-6-16/h1-4,13-14,16-17,28-29H,5-12,15H2,(H,30,31,32). The van der Waals surface area contributed by atoms with Gasteiger partial charge < -0.3 is 20.5 Å². The highest BCUT2D eigenvalue weighted by molar-refractivity contribution is 5.95. The van der Waals surface area contributed by atoms with Crippen molar-refractivity contribution in [2.75, 3.05) is 38.0 Å². The summed E-state index contributed by atoms with van der Waals surface area (Å²) in [6, 6.07) is 7.42. The average molecular weight is 459 g/mol. The van der Waals surface area contributed by atoms with Gasteiger partial charge >= 0.3 is 6.18 Å². The van der Waals surface area contributed by atoms with Crippen LogP contribution < -0.4 is 10.6 Å². The number of hydrogen-bond donors (Lipinski definition) is 3. The number of aromatic amines is 1. The van der Waals surface area contributed by atoms with E-state index in [0.29, 0.717) is 10.9 Å². The molecule has 2 aliphatic rings. The summed E-state index contributed by atoms with van der Waals surface area (Å²) in [5, 5.41) is 7.40. The predicted octanol–water partition coefficient (Wildman–Crippen LogP) is 4.52. The summed E-state index contributed by atoms with van der Waals surface area (Å²) in [7, 11) is 0. The van der Waals surface area contributed by atoms with Crippen LogP contribution in [0.2, 0.25) is 0 Å². The van der Waals surface area contributed by atoms with Gasteiger partial charge in [0.25, 0.3) is 0 Å². The number of rotatable bonds is 6. The number of H-pyrrole nitrogens is 1. The first-order chi connectivity index (χ1) is 16.0. The van der Waals surface area contributed by atoms with E-state index in [9.17, 15) is 13.2 Å². The molecule has 5 rings (SSSR count). The molecule has 3 aromatic rings. The van der Waals surface area contributed by atoms with E-state index in [4.69, 9.17) is 0 Å². The van der Waals surface area contributed by atoms with Gasteiger partial charge in [0, 0.05) is 48.0 Å². The number of alkyl halides is 3. The Bertz CT molecular complexity index is 1090. The van der Waals surface area contributed by atoms with E-state index in [1.807, 2.05) is 18.2 Å². The quantitative estimate of drug-likeness (QED) is 0.507. The Morgan fingerprint density at radius 2 is 1.94 bits per heavy atom. The van der Waals surface area contributed by atoms with Crippen LogP contribution in [0, 0.1) is 5.92 Å². The largest absolute Gasteiger partial charge is 0.419 e. The predicted molar refractivity (Wildman–Crippen MR) is 123 cm³/mol. The fourth-order valence-corrected chi connectivity index (χ4v) is 5.00. The van der Waals surface area contributed by atoms with E-state index < -0.39 is 11.7 Å². The average Bonchev–Trinajstić information content (AvgIpc) is 3.44. The van der Waals surface area contributed by atoms with Gasteiger partial charge in [-0.15, -0.1) is 0 Å². The molecule has 33 heavy (non-hydrogen) atoms. The molecule has 0 saturated carbocycles. The Morgan fingerprint density at radius 1 is 1.12 bits per heavy atom. The molecule has 4 heterocycles. The Labute approximate surface area is 191 Å². The minimum atomic E-state index is -4.54. The van der Waals surface area contributed by atoms with Crippen molar-refractivity contribution < 1.29 is 13.2 Å². The highest BCUT2D eigenvalue weighted by Gasteiger charge is 2.36. The molecular formula is C24H29F3N6. The summed E-state index contributed by atoms with van der Waals surface area (Å²) < 4.78 is 41.2.